The number of aliphatic hydroxyl groups is 1. The predicted octanol–water partition coefficient (Wildman–Crippen LogP) is 1.15. The lowest BCUT2D eigenvalue weighted by Crippen LogP contribution is -2.52. The quantitative estimate of drug-likeness (QED) is 0.861. The molecule has 0 saturated carbocycles. The van der Waals surface area contributed by atoms with Gasteiger partial charge in [-0.05, 0) is 40.9 Å². The number of nitrogens with one attached hydrogen (secondary N) is 1. The van der Waals surface area contributed by atoms with Crippen molar-refractivity contribution in [3.8, 4) is 0 Å². The van der Waals surface area contributed by atoms with Crippen LogP contribution in [-0.4, -0.2) is 47.6 Å². The Labute approximate surface area is 125 Å². The van der Waals surface area contributed by atoms with Gasteiger partial charge < -0.3 is 19.7 Å². The molecule has 2 amide bonds. The van der Waals surface area contributed by atoms with Gasteiger partial charge in [0.25, 0.3) is 5.91 Å². The number of piperidine rings is 1. The van der Waals surface area contributed by atoms with Gasteiger partial charge in [-0.25, -0.2) is 0 Å². The maximum Gasteiger partial charge on any atom is 0.289 e. The molecule has 1 unspecified atom stereocenters. The van der Waals surface area contributed by atoms with Crippen molar-refractivity contribution >= 4 is 27.7 Å². The third kappa shape index (κ3) is 3.40. The van der Waals surface area contributed by atoms with E-state index in [1.54, 1.807) is 12.1 Å². The minimum atomic E-state index is -1.17. The van der Waals surface area contributed by atoms with Crippen LogP contribution in [0.2, 0.25) is 0 Å². The van der Waals surface area contributed by atoms with E-state index in [0.29, 0.717) is 24.1 Å². The van der Waals surface area contributed by atoms with Crippen LogP contribution in [0.1, 0.15) is 29.8 Å². The molecular formula is C13H17BrN2O4. The largest absolute Gasteiger partial charge is 0.444 e. The highest BCUT2D eigenvalue weighted by atomic mass is 79.9. The zero-order chi connectivity index (χ0) is 14.8. The van der Waals surface area contributed by atoms with Crippen molar-refractivity contribution in [2.75, 3.05) is 20.1 Å². The molecular weight excluding hydrogens is 328 g/mol. The first kappa shape index (κ1) is 15.1. The second-order valence-corrected chi connectivity index (χ2v) is 5.79. The number of carbonyl (C=O) groups is 2. The van der Waals surface area contributed by atoms with Gasteiger partial charge in [0.15, 0.2) is 10.4 Å². The van der Waals surface area contributed by atoms with E-state index < -0.39 is 5.60 Å². The van der Waals surface area contributed by atoms with Gasteiger partial charge in [-0.3, -0.25) is 9.59 Å². The molecule has 0 bridgehead atoms. The van der Waals surface area contributed by atoms with Crippen molar-refractivity contribution in [1.29, 1.82) is 0 Å². The molecule has 0 radical (unpaired) electrons. The Morgan fingerprint density at radius 1 is 1.55 bits per heavy atom. The molecule has 0 aromatic carbocycles. The number of amides is 2. The zero-order valence-corrected chi connectivity index (χ0v) is 12.8. The summed E-state index contributed by atoms with van der Waals surface area (Å²) in [6.07, 6.45) is 1.16. The summed E-state index contributed by atoms with van der Waals surface area (Å²) in [5, 5.41) is 12.9. The number of carbonyl (C=O) groups excluding carboxylic acids is 2. The van der Waals surface area contributed by atoms with Gasteiger partial charge in [-0.1, -0.05) is 0 Å². The van der Waals surface area contributed by atoms with E-state index in [4.69, 9.17) is 4.42 Å². The summed E-state index contributed by atoms with van der Waals surface area (Å²) in [6.45, 7) is 0.685. The van der Waals surface area contributed by atoms with Crippen LogP contribution >= 0.6 is 15.9 Å². The van der Waals surface area contributed by atoms with Crippen LogP contribution in [0.15, 0.2) is 21.2 Å². The Hall–Kier alpha value is -1.34. The average molecular weight is 345 g/mol. The molecule has 1 saturated heterocycles. The lowest BCUT2D eigenvalue weighted by molar-refractivity contribution is -0.127. The Morgan fingerprint density at radius 3 is 2.90 bits per heavy atom. The normalized spacial score (nSPS) is 22.6. The summed E-state index contributed by atoms with van der Waals surface area (Å²) >= 11 is 3.15. The third-order valence-corrected chi connectivity index (χ3v) is 3.82. The number of hydrogen-bond donors (Lipinski definition) is 2. The molecule has 0 aliphatic carbocycles. The van der Waals surface area contributed by atoms with Crippen molar-refractivity contribution in [3.05, 3.63) is 22.6 Å². The molecule has 2 heterocycles. The second-order valence-electron chi connectivity index (χ2n) is 5.01. The average Bonchev–Trinajstić information content (AvgIpc) is 2.84. The minimum Gasteiger partial charge on any atom is -0.444 e. The summed E-state index contributed by atoms with van der Waals surface area (Å²) in [4.78, 5) is 25.2. The second kappa shape index (κ2) is 5.97. The number of β-amino-alcohol motifs (C(OH)–C–C–N with tert-alkyl or cyclic N) is 1. The lowest BCUT2D eigenvalue weighted by atomic mass is 9.89. The molecule has 1 atom stereocenters. The molecule has 2 N–H and O–H groups in total. The fourth-order valence-corrected chi connectivity index (χ4v) is 2.71. The maximum absolute atomic E-state index is 12.3. The zero-order valence-electron chi connectivity index (χ0n) is 11.2. The van der Waals surface area contributed by atoms with Crippen LogP contribution in [0.25, 0.3) is 0 Å². The minimum absolute atomic E-state index is 0.00483. The third-order valence-electron chi connectivity index (χ3n) is 3.39. The Morgan fingerprint density at radius 2 is 2.30 bits per heavy atom. The first-order valence-corrected chi connectivity index (χ1v) is 7.20. The monoisotopic (exact) mass is 344 g/mol. The van der Waals surface area contributed by atoms with Crippen LogP contribution in [0, 0.1) is 0 Å². The van der Waals surface area contributed by atoms with Crippen LogP contribution in [0.4, 0.5) is 0 Å². The summed E-state index contributed by atoms with van der Waals surface area (Å²) in [5.41, 5.74) is -1.17. The van der Waals surface area contributed by atoms with Crippen molar-refractivity contribution in [2.45, 2.75) is 24.9 Å². The van der Waals surface area contributed by atoms with E-state index in [0.717, 1.165) is 0 Å². The molecule has 2 rings (SSSR count). The van der Waals surface area contributed by atoms with Crippen LogP contribution in [0.3, 0.4) is 0 Å². The number of hydrogen-bond acceptors (Lipinski definition) is 4. The molecule has 20 heavy (non-hydrogen) atoms. The van der Waals surface area contributed by atoms with Crippen molar-refractivity contribution in [1.82, 2.24) is 10.2 Å². The van der Waals surface area contributed by atoms with E-state index in [9.17, 15) is 14.7 Å². The van der Waals surface area contributed by atoms with Crippen LogP contribution in [-0.2, 0) is 4.79 Å². The smallest absolute Gasteiger partial charge is 0.289 e. The molecule has 1 aliphatic heterocycles. The SMILES string of the molecule is CNC(=O)CC1(O)CCCN(C(=O)c2ccc(Br)o2)C1. The Balaban J connectivity index is 2.06. The molecule has 0 spiro atoms. The number of rotatable bonds is 3. The first-order chi connectivity index (χ1) is 9.43. The van der Waals surface area contributed by atoms with Crippen molar-refractivity contribution in [3.63, 3.8) is 0 Å². The van der Waals surface area contributed by atoms with Crippen molar-refractivity contribution in [2.24, 2.45) is 0 Å². The first-order valence-electron chi connectivity index (χ1n) is 6.41. The number of nitrogens with zero attached hydrogens (tertiary/aromatic N) is 1. The maximum atomic E-state index is 12.3. The van der Waals surface area contributed by atoms with Crippen molar-refractivity contribution < 1.29 is 19.1 Å². The number of furan rings is 1. The van der Waals surface area contributed by atoms with Gasteiger partial charge in [0.1, 0.15) is 0 Å². The fraction of sp³-hybridized carbons (Fsp3) is 0.538. The molecule has 6 nitrogen and oxygen atoms in total. The Bertz CT molecular complexity index is 516. The van der Waals surface area contributed by atoms with Gasteiger partial charge in [-0.2, -0.15) is 0 Å². The van der Waals surface area contributed by atoms with E-state index in [-0.39, 0.29) is 30.5 Å². The molecule has 1 aliphatic rings. The van der Waals surface area contributed by atoms with Crippen LogP contribution in [0.5, 0.6) is 0 Å². The highest BCUT2D eigenvalue weighted by molar-refractivity contribution is 9.10. The van der Waals surface area contributed by atoms with E-state index in [1.165, 1.54) is 11.9 Å². The standard InChI is InChI=1S/C13H17BrN2O4/c1-15-11(17)7-13(19)5-2-6-16(8-13)12(18)9-3-4-10(14)20-9/h3-4,19H,2,5-8H2,1H3,(H,15,17). The number of halogens is 1. The molecule has 110 valence electrons. The summed E-state index contributed by atoms with van der Waals surface area (Å²) in [5.74, 6) is -0.283. The lowest BCUT2D eigenvalue weighted by Gasteiger charge is -2.38. The number of likely N-dealkylation sites (tertiary alicyclic amines) is 1. The molecule has 1 fully saturated rings. The van der Waals surface area contributed by atoms with E-state index in [2.05, 4.69) is 21.2 Å². The summed E-state index contributed by atoms with van der Waals surface area (Å²) in [7, 11) is 1.53. The van der Waals surface area contributed by atoms with Gasteiger partial charge in [-0.15, -0.1) is 0 Å². The molecule has 7 heteroatoms. The fourth-order valence-electron chi connectivity index (χ4n) is 2.40. The van der Waals surface area contributed by atoms with Gasteiger partial charge in [0.2, 0.25) is 5.91 Å². The summed E-state index contributed by atoms with van der Waals surface area (Å²) < 4.78 is 5.72. The molecule has 1 aromatic rings. The van der Waals surface area contributed by atoms with E-state index >= 15 is 0 Å². The Kier molecular flexibility index (Phi) is 4.49. The highest BCUT2D eigenvalue weighted by Crippen LogP contribution is 2.26. The topological polar surface area (TPSA) is 82.8 Å². The molecule has 1 aromatic heterocycles. The van der Waals surface area contributed by atoms with Crippen LogP contribution < -0.4 is 5.32 Å². The summed E-state index contributed by atoms with van der Waals surface area (Å²) in [6, 6.07) is 3.23. The van der Waals surface area contributed by atoms with Gasteiger partial charge >= 0.3 is 0 Å². The van der Waals surface area contributed by atoms with Gasteiger partial charge in [0, 0.05) is 13.6 Å². The van der Waals surface area contributed by atoms with E-state index in [1.807, 2.05) is 0 Å². The van der Waals surface area contributed by atoms with Gasteiger partial charge in [0.05, 0.1) is 18.6 Å². The predicted molar refractivity (Wildman–Crippen MR) is 75.2 cm³/mol. The highest BCUT2D eigenvalue weighted by Gasteiger charge is 2.37.